The van der Waals surface area contributed by atoms with Crippen molar-refractivity contribution in [1.29, 1.82) is 0 Å². The summed E-state index contributed by atoms with van der Waals surface area (Å²) in [4.78, 5) is 28.4. The molecule has 0 bridgehead atoms. The highest BCUT2D eigenvalue weighted by molar-refractivity contribution is 6.34. The number of likely N-dealkylation sites (tertiary alicyclic amines) is 1. The summed E-state index contributed by atoms with van der Waals surface area (Å²) in [5.74, 6) is 1.61. The molecule has 0 saturated carbocycles. The molecule has 0 spiro atoms. The largest absolute Gasteiger partial charge is 0.495 e. The van der Waals surface area contributed by atoms with Crippen LogP contribution in [-0.4, -0.2) is 65.7 Å². The van der Waals surface area contributed by atoms with E-state index >= 15 is 0 Å². The third-order valence-corrected chi connectivity index (χ3v) is 7.11. The number of aromatic nitrogens is 3. The van der Waals surface area contributed by atoms with Crippen LogP contribution < -0.4 is 15.4 Å². The summed E-state index contributed by atoms with van der Waals surface area (Å²) < 4.78 is 10.9. The highest BCUT2D eigenvalue weighted by Gasteiger charge is 2.31. The molecule has 2 aliphatic heterocycles. The van der Waals surface area contributed by atoms with Gasteiger partial charge in [-0.05, 0) is 30.7 Å². The van der Waals surface area contributed by atoms with Crippen LogP contribution in [0.4, 0.5) is 17.5 Å². The molecule has 4 heterocycles. The van der Waals surface area contributed by atoms with Gasteiger partial charge >= 0.3 is 0 Å². The minimum Gasteiger partial charge on any atom is -0.495 e. The van der Waals surface area contributed by atoms with Crippen molar-refractivity contribution in [2.75, 3.05) is 44.5 Å². The topological polar surface area (TPSA) is 102 Å². The Labute approximate surface area is 215 Å². The van der Waals surface area contributed by atoms with Crippen LogP contribution in [0.1, 0.15) is 36.2 Å². The van der Waals surface area contributed by atoms with Crippen LogP contribution in [0.2, 0.25) is 5.02 Å². The number of amides is 1. The lowest BCUT2D eigenvalue weighted by atomic mass is 9.87. The predicted octanol–water partition coefficient (Wildman–Crippen LogP) is 4.51. The van der Waals surface area contributed by atoms with Crippen LogP contribution in [0.3, 0.4) is 0 Å². The summed E-state index contributed by atoms with van der Waals surface area (Å²) in [6, 6.07) is 7.28. The molecule has 1 fully saturated rings. The minimum absolute atomic E-state index is 0.00467. The number of benzene rings is 1. The van der Waals surface area contributed by atoms with Gasteiger partial charge < -0.3 is 25.0 Å². The Morgan fingerprint density at radius 2 is 2.08 bits per heavy atom. The van der Waals surface area contributed by atoms with Gasteiger partial charge in [-0.25, -0.2) is 15.0 Å². The van der Waals surface area contributed by atoms with Crippen molar-refractivity contribution < 1.29 is 14.3 Å². The molecule has 36 heavy (non-hydrogen) atoms. The van der Waals surface area contributed by atoms with E-state index in [1.54, 1.807) is 37.4 Å². The summed E-state index contributed by atoms with van der Waals surface area (Å²) in [7, 11) is 3.20. The van der Waals surface area contributed by atoms with E-state index in [1.165, 1.54) is 0 Å². The van der Waals surface area contributed by atoms with E-state index in [9.17, 15) is 4.79 Å². The normalized spacial score (nSPS) is 18.0. The van der Waals surface area contributed by atoms with E-state index in [0.717, 1.165) is 35.6 Å². The van der Waals surface area contributed by atoms with Gasteiger partial charge in [0.15, 0.2) is 0 Å². The Balaban J connectivity index is 1.40. The number of nitrogens with one attached hydrogen (secondary N) is 2. The second-order valence-electron chi connectivity index (χ2n) is 9.68. The number of carbonyl (C=O) groups excluding carboxylic acids is 1. The van der Waals surface area contributed by atoms with Crippen LogP contribution >= 0.6 is 11.6 Å². The van der Waals surface area contributed by atoms with Crippen LogP contribution in [0.25, 0.3) is 11.3 Å². The fraction of sp³-hybridized carbons (Fsp3) is 0.385. The van der Waals surface area contributed by atoms with Crippen molar-refractivity contribution in [2.24, 2.45) is 0 Å². The highest BCUT2D eigenvalue weighted by atomic mass is 35.5. The molecule has 2 aromatic heterocycles. The number of anilines is 3. The molecule has 5 rings (SSSR count). The first-order valence-electron chi connectivity index (χ1n) is 11.8. The number of pyridine rings is 1. The fourth-order valence-electron chi connectivity index (χ4n) is 4.62. The van der Waals surface area contributed by atoms with Gasteiger partial charge in [-0.3, -0.25) is 4.79 Å². The number of hydrogen-bond acceptors (Lipinski definition) is 8. The van der Waals surface area contributed by atoms with Crippen molar-refractivity contribution >= 4 is 35.0 Å². The van der Waals surface area contributed by atoms with Crippen molar-refractivity contribution in [2.45, 2.75) is 31.8 Å². The van der Waals surface area contributed by atoms with Gasteiger partial charge in [0.25, 0.3) is 5.91 Å². The molecule has 0 radical (unpaired) electrons. The molecule has 1 saturated heterocycles. The zero-order valence-electron chi connectivity index (χ0n) is 20.8. The molecule has 3 aromatic rings. The van der Waals surface area contributed by atoms with Gasteiger partial charge in [0, 0.05) is 55.7 Å². The Morgan fingerprint density at radius 1 is 1.25 bits per heavy atom. The van der Waals surface area contributed by atoms with E-state index < -0.39 is 0 Å². The third-order valence-electron chi connectivity index (χ3n) is 6.80. The number of fused-ring (bicyclic) bond motifs is 1. The van der Waals surface area contributed by atoms with Gasteiger partial charge in [0.2, 0.25) is 5.95 Å². The zero-order chi connectivity index (χ0) is 25.4. The monoisotopic (exact) mass is 508 g/mol. The number of halogens is 1. The Hall–Kier alpha value is -3.43. The molecule has 10 heteroatoms. The van der Waals surface area contributed by atoms with Gasteiger partial charge in [0.05, 0.1) is 35.2 Å². The maximum Gasteiger partial charge on any atom is 0.255 e. The molecule has 1 atom stereocenters. The summed E-state index contributed by atoms with van der Waals surface area (Å²) in [6.07, 6.45) is 4.34. The quantitative estimate of drug-likeness (QED) is 0.501. The molecule has 1 aromatic carbocycles. The number of methoxy groups -OCH3 is 2. The van der Waals surface area contributed by atoms with E-state index in [0.29, 0.717) is 41.1 Å². The minimum atomic E-state index is -0.149. The molecule has 2 aliphatic rings. The number of hydrogen-bond donors (Lipinski definition) is 2. The number of ether oxygens (including phenoxy) is 2. The van der Waals surface area contributed by atoms with Gasteiger partial charge in [-0.1, -0.05) is 25.4 Å². The number of carbonyl (C=O) groups is 1. The maximum atomic E-state index is 13.1. The SMILES string of the molecule is COc1cc(C(=O)N2CCC(OC)C2)c(Cl)cc1Nc1nccc(-c2cnc3c(c2)C(C)(C)CN3)n1. The second-order valence-corrected chi connectivity index (χ2v) is 10.1. The third kappa shape index (κ3) is 4.56. The van der Waals surface area contributed by atoms with Gasteiger partial charge in [-0.2, -0.15) is 0 Å². The van der Waals surface area contributed by atoms with Crippen molar-refractivity contribution in [1.82, 2.24) is 19.9 Å². The average molecular weight is 509 g/mol. The van der Waals surface area contributed by atoms with Crippen LogP contribution in [0, 0.1) is 0 Å². The molecular formula is C26H29ClN6O3. The summed E-state index contributed by atoms with van der Waals surface area (Å²) in [6.45, 7) is 6.39. The number of nitrogens with zero attached hydrogens (tertiary/aromatic N) is 4. The van der Waals surface area contributed by atoms with Crippen LogP contribution in [0.15, 0.2) is 36.7 Å². The Bertz CT molecular complexity index is 1310. The average Bonchev–Trinajstić information content (AvgIpc) is 3.48. The molecule has 9 nitrogen and oxygen atoms in total. The van der Waals surface area contributed by atoms with E-state index in [-0.39, 0.29) is 17.4 Å². The van der Waals surface area contributed by atoms with E-state index in [2.05, 4.69) is 45.5 Å². The van der Waals surface area contributed by atoms with Crippen molar-refractivity contribution in [3.05, 3.63) is 52.8 Å². The molecule has 1 unspecified atom stereocenters. The molecule has 188 valence electrons. The van der Waals surface area contributed by atoms with Crippen LogP contribution in [0.5, 0.6) is 5.75 Å². The lowest BCUT2D eigenvalue weighted by Gasteiger charge is -2.19. The summed E-state index contributed by atoms with van der Waals surface area (Å²) >= 11 is 6.55. The lowest BCUT2D eigenvalue weighted by molar-refractivity contribution is 0.0724. The Kier molecular flexibility index (Phi) is 6.44. The summed E-state index contributed by atoms with van der Waals surface area (Å²) in [5.41, 5.74) is 3.74. The first-order chi connectivity index (χ1) is 17.3. The van der Waals surface area contributed by atoms with Crippen molar-refractivity contribution in [3.8, 4) is 17.0 Å². The Morgan fingerprint density at radius 3 is 2.83 bits per heavy atom. The van der Waals surface area contributed by atoms with Crippen LogP contribution in [-0.2, 0) is 10.2 Å². The van der Waals surface area contributed by atoms with E-state index in [4.69, 9.17) is 21.1 Å². The van der Waals surface area contributed by atoms with Gasteiger partial charge in [0.1, 0.15) is 11.6 Å². The molecule has 0 aliphatic carbocycles. The number of rotatable bonds is 6. The first kappa shape index (κ1) is 24.3. The lowest BCUT2D eigenvalue weighted by Crippen LogP contribution is -2.30. The first-order valence-corrected chi connectivity index (χ1v) is 12.2. The molecular weight excluding hydrogens is 480 g/mol. The molecule has 1 amide bonds. The molecule has 2 N–H and O–H groups in total. The highest BCUT2D eigenvalue weighted by Crippen LogP contribution is 2.37. The maximum absolute atomic E-state index is 13.1. The fourth-order valence-corrected chi connectivity index (χ4v) is 4.87. The predicted molar refractivity (Wildman–Crippen MR) is 139 cm³/mol. The standard InChI is InChI=1S/C26H29ClN6O3/c1-26(2)14-30-23-18(26)9-15(12-29-23)20-5-7-28-25(31-20)32-21-11-19(27)17(10-22(21)36-4)24(34)33-8-6-16(13-33)35-3/h5,7,9-12,16H,6,8,13-14H2,1-4H3,(H,29,30)(H,28,31,32). The second kappa shape index (κ2) is 9.55. The van der Waals surface area contributed by atoms with E-state index in [1.807, 2.05) is 12.3 Å². The summed E-state index contributed by atoms with van der Waals surface area (Å²) in [5, 5.41) is 6.85. The van der Waals surface area contributed by atoms with Gasteiger partial charge in [-0.15, -0.1) is 0 Å². The zero-order valence-corrected chi connectivity index (χ0v) is 21.5. The van der Waals surface area contributed by atoms with Crippen molar-refractivity contribution in [3.63, 3.8) is 0 Å². The smallest absolute Gasteiger partial charge is 0.255 e.